The molecule has 0 atom stereocenters. The minimum absolute atomic E-state index is 0.140. The standard InChI is InChI=1S/C43H24Cl2F6N8O4/c44-30-7-3-25(19-29(30)43(49,50)51)58(41(60)56-23-1-9-32(46)39(17-23)62-27-5-11-35-37(21-27)54-15-13-52-35)59(26-4-8-31(45)34(48)20-26)42(61)57-24-2-10-33(47)40(18-24)63-28-6-12-36-38(22-28)55-16-14-53-36/h1-22H,(H,56,60)(H,57,61). The van der Waals surface area contributed by atoms with Gasteiger partial charge in [0.2, 0.25) is 0 Å². The molecule has 0 aliphatic rings. The number of ether oxygens (including phenoxy) is 2. The van der Waals surface area contributed by atoms with Gasteiger partial charge in [-0.2, -0.15) is 23.2 Å². The first-order chi connectivity index (χ1) is 30.2. The van der Waals surface area contributed by atoms with Crippen molar-refractivity contribution in [1.82, 2.24) is 19.9 Å². The van der Waals surface area contributed by atoms with Crippen molar-refractivity contribution in [2.75, 3.05) is 20.7 Å². The zero-order chi connectivity index (χ0) is 44.4. The zero-order valence-corrected chi connectivity index (χ0v) is 33.1. The van der Waals surface area contributed by atoms with Crippen LogP contribution in [0.25, 0.3) is 22.1 Å². The van der Waals surface area contributed by atoms with Crippen LogP contribution in [-0.4, -0.2) is 32.0 Å². The normalized spacial score (nSPS) is 11.3. The SMILES string of the molecule is O=C(Nc1ccc(F)c(Oc2ccc3nccnc3c2)c1)N(c1ccc(Cl)c(F)c1)N(C(=O)Nc1ccc(F)c(Oc2ccc3nccnc3c2)c1)c1ccc(Cl)c(C(F)(F)F)c1. The van der Waals surface area contributed by atoms with Gasteiger partial charge in [0, 0.05) is 66.5 Å². The Morgan fingerprint density at radius 2 is 0.952 bits per heavy atom. The number of nitrogens with one attached hydrogen (secondary N) is 2. The molecule has 0 aliphatic carbocycles. The van der Waals surface area contributed by atoms with Gasteiger partial charge in [0.1, 0.15) is 17.3 Å². The molecule has 20 heteroatoms. The third-order valence-corrected chi connectivity index (χ3v) is 9.57. The van der Waals surface area contributed by atoms with E-state index >= 15 is 13.2 Å². The zero-order valence-electron chi connectivity index (χ0n) is 31.5. The van der Waals surface area contributed by atoms with Gasteiger partial charge in [-0.15, -0.1) is 0 Å². The van der Waals surface area contributed by atoms with E-state index in [1.165, 1.54) is 49.1 Å². The van der Waals surface area contributed by atoms with Gasteiger partial charge >= 0.3 is 18.2 Å². The molecule has 2 N–H and O–H groups in total. The lowest BCUT2D eigenvalue weighted by Crippen LogP contribution is -2.54. The van der Waals surface area contributed by atoms with Gasteiger partial charge in [0.15, 0.2) is 23.1 Å². The third-order valence-electron chi connectivity index (χ3n) is 8.93. The fourth-order valence-electron chi connectivity index (χ4n) is 6.06. The van der Waals surface area contributed by atoms with E-state index in [2.05, 4.69) is 30.6 Å². The summed E-state index contributed by atoms with van der Waals surface area (Å²) < 4.78 is 99.9. The number of anilines is 4. The second-order valence-corrected chi connectivity index (χ2v) is 14.0. The summed E-state index contributed by atoms with van der Waals surface area (Å²) in [4.78, 5) is 45.7. The van der Waals surface area contributed by atoms with Crippen LogP contribution in [0, 0.1) is 17.5 Å². The highest BCUT2D eigenvalue weighted by Crippen LogP contribution is 2.39. The molecule has 0 aliphatic heterocycles. The molecular weight excluding hydrogens is 877 g/mol. The van der Waals surface area contributed by atoms with Crippen LogP contribution in [0.15, 0.2) is 134 Å². The maximum atomic E-state index is 15.2. The van der Waals surface area contributed by atoms with Gasteiger partial charge in [-0.25, -0.2) is 22.8 Å². The topological polar surface area (TPSA) is 135 Å². The molecule has 0 spiro atoms. The Kier molecular flexibility index (Phi) is 11.6. The quantitative estimate of drug-likeness (QED) is 0.114. The Labute approximate surface area is 361 Å². The van der Waals surface area contributed by atoms with Gasteiger partial charge in [-0.05, 0) is 78.9 Å². The molecule has 316 valence electrons. The molecule has 8 aromatic rings. The smallest absolute Gasteiger partial charge is 0.417 e. The number of hydrogen-bond acceptors (Lipinski definition) is 8. The van der Waals surface area contributed by atoms with Gasteiger partial charge in [0.25, 0.3) is 0 Å². The largest absolute Gasteiger partial charge is 0.454 e. The first-order valence-electron chi connectivity index (χ1n) is 18.1. The molecule has 2 heterocycles. The lowest BCUT2D eigenvalue weighted by Gasteiger charge is -2.35. The second kappa shape index (κ2) is 17.3. The number of halogens is 8. The maximum absolute atomic E-state index is 15.2. The van der Waals surface area contributed by atoms with E-state index < -0.39 is 68.4 Å². The number of fused-ring (bicyclic) bond motifs is 2. The van der Waals surface area contributed by atoms with Crippen molar-refractivity contribution in [2.24, 2.45) is 0 Å². The Morgan fingerprint density at radius 1 is 0.508 bits per heavy atom. The van der Waals surface area contributed by atoms with Crippen LogP contribution in [0.4, 0.5) is 58.7 Å². The monoisotopic (exact) mass is 900 g/mol. The molecule has 4 amide bonds. The molecule has 0 radical (unpaired) electrons. The number of nitrogens with zero attached hydrogens (tertiary/aromatic N) is 6. The van der Waals surface area contributed by atoms with Crippen LogP contribution in [0.3, 0.4) is 0 Å². The van der Waals surface area contributed by atoms with E-state index in [1.54, 1.807) is 12.1 Å². The molecule has 0 saturated carbocycles. The average molecular weight is 902 g/mol. The minimum atomic E-state index is -5.06. The number of hydrogen-bond donors (Lipinski definition) is 2. The van der Waals surface area contributed by atoms with E-state index in [-0.39, 0.29) is 28.6 Å². The predicted octanol–water partition coefficient (Wildman–Crippen LogP) is 12.6. The highest BCUT2D eigenvalue weighted by molar-refractivity contribution is 6.31. The van der Waals surface area contributed by atoms with Crippen molar-refractivity contribution in [3.05, 3.63) is 167 Å². The first kappa shape index (κ1) is 42.0. The van der Waals surface area contributed by atoms with Crippen LogP contribution in [0.5, 0.6) is 23.0 Å². The molecule has 12 nitrogen and oxygen atoms in total. The first-order valence-corrected chi connectivity index (χ1v) is 18.9. The van der Waals surface area contributed by atoms with Crippen LogP contribution in [-0.2, 0) is 6.18 Å². The molecule has 0 saturated heterocycles. The molecule has 63 heavy (non-hydrogen) atoms. The van der Waals surface area contributed by atoms with Crippen molar-refractivity contribution >= 4 is 80.1 Å². The highest BCUT2D eigenvalue weighted by Gasteiger charge is 2.37. The molecular formula is C43H24Cl2F6N8O4. The summed E-state index contributed by atoms with van der Waals surface area (Å²) in [5.41, 5.74) is -0.853. The average Bonchev–Trinajstić information content (AvgIpc) is 3.26. The number of urea groups is 2. The van der Waals surface area contributed by atoms with Crippen molar-refractivity contribution in [3.8, 4) is 23.0 Å². The van der Waals surface area contributed by atoms with Crippen LogP contribution in [0.2, 0.25) is 10.0 Å². The van der Waals surface area contributed by atoms with Crippen molar-refractivity contribution in [3.63, 3.8) is 0 Å². The molecule has 0 bridgehead atoms. The summed E-state index contributed by atoms with van der Waals surface area (Å²) in [5, 5.41) is 4.65. The Hall–Kier alpha value is -7.70. The van der Waals surface area contributed by atoms with Crippen LogP contribution < -0.4 is 30.1 Å². The van der Waals surface area contributed by atoms with E-state index in [0.29, 0.717) is 38.2 Å². The van der Waals surface area contributed by atoms with Crippen LogP contribution >= 0.6 is 23.2 Å². The summed E-state index contributed by atoms with van der Waals surface area (Å²) in [7, 11) is 0. The van der Waals surface area contributed by atoms with Gasteiger partial charge in [-0.3, -0.25) is 19.9 Å². The van der Waals surface area contributed by atoms with Gasteiger partial charge in [0.05, 0.1) is 49.1 Å². The lowest BCUT2D eigenvalue weighted by molar-refractivity contribution is -0.137. The summed E-state index contributed by atoms with van der Waals surface area (Å²) in [6.07, 6.45) is 0.812. The third kappa shape index (κ3) is 9.31. The van der Waals surface area contributed by atoms with Gasteiger partial charge in [-0.1, -0.05) is 23.2 Å². The molecule has 2 aromatic heterocycles. The van der Waals surface area contributed by atoms with E-state index in [9.17, 15) is 22.8 Å². The summed E-state index contributed by atoms with van der Waals surface area (Å²) >= 11 is 11.9. The number of alkyl halides is 3. The maximum Gasteiger partial charge on any atom is 0.417 e. The second-order valence-electron chi connectivity index (χ2n) is 13.2. The Bertz CT molecular complexity index is 3070. The number of rotatable bonds is 8. The summed E-state index contributed by atoms with van der Waals surface area (Å²) in [5.74, 6) is -3.30. The van der Waals surface area contributed by atoms with E-state index in [0.717, 1.165) is 66.7 Å². The van der Waals surface area contributed by atoms with E-state index in [1.807, 2.05) is 0 Å². The Balaban J connectivity index is 1.17. The van der Waals surface area contributed by atoms with Crippen molar-refractivity contribution in [2.45, 2.75) is 6.18 Å². The summed E-state index contributed by atoms with van der Waals surface area (Å²) in [6.45, 7) is 0. The van der Waals surface area contributed by atoms with Crippen molar-refractivity contribution in [1.29, 1.82) is 0 Å². The number of aromatic nitrogens is 4. The van der Waals surface area contributed by atoms with Gasteiger partial charge < -0.3 is 20.1 Å². The predicted molar refractivity (Wildman–Crippen MR) is 223 cm³/mol. The number of benzene rings is 6. The minimum Gasteiger partial charge on any atom is -0.454 e. The number of carbonyl (C=O) groups excluding carboxylic acids is 2. The number of hydrazine groups is 1. The summed E-state index contributed by atoms with van der Waals surface area (Å²) in [6, 6.07) is 18.0. The number of carbonyl (C=O) groups is 2. The fourth-order valence-corrected chi connectivity index (χ4v) is 6.41. The molecule has 6 aromatic carbocycles. The van der Waals surface area contributed by atoms with E-state index in [4.69, 9.17) is 32.7 Å². The molecule has 0 fully saturated rings. The van der Waals surface area contributed by atoms with Crippen LogP contribution in [0.1, 0.15) is 5.56 Å². The van der Waals surface area contributed by atoms with Crippen molar-refractivity contribution < 1.29 is 45.4 Å². The fraction of sp³-hybridized carbons (Fsp3) is 0.0233. The molecule has 0 unspecified atom stereocenters. The number of amides is 4. The Morgan fingerprint density at radius 3 is 1.41 bits per heavy atom. The lowest BCUT2D eigenvalue weighted by atomic mass is 10.2. The highest BCUT2D eigenvalue weighted by atomic mass is 35.5. The molecule has 8 rings (SSSR count).